The van der Waals surface area contributed by atoms with Crippen LogP contribution in [0.1, 0.15) is 6.42 Å². The molecular formula is C12H21N2O3S+. The van der Waals surface area contributed by atoms with Crippen molar-refractivity contribution in [3.63, 3.8) is 0 Å². The molecule has 1 rings (SSSR count). The van der Waals surface area contributed by atoms with E-state index in [2.05, 4.69) is 4.72 Å². The van der Waals surface area contributed by atoms with Crippen molar-refractivity contribution in [2.24, 2.45) is 0 Å². The van der Waals surface area contributed by atoms with Crippen LogP contribution in [0.4, 0.5) is 0 Å². The van der Waals surface area contributed by atoms with Crippen molar-refractivity contribution >= 4 is 10.0 Å². The Morgan fingerprint density at radius 3 is 2.56 bits per heavy atom. The second kappa shape index (κ2) is 6.72. The summed E-state index contributed by atoms with van der Waals surface area (Å²) in [7, 11) is 2.05. The molecule has 102 valence electrons. The quantitative estimate of drug-likeness (QED) is 0.659. The standard InChI is InChI=1S/C12H20N2O3S/c1-14(2)10-6-9-13-18(15,16)12-8-5-4-7-11(12)17-3/h4-5,7-8,13H,6,9-10H2,1-3H3/p+1. The number of benzene rings is 1. The highest BCUT2D eigenvalue weighted by molar-refractivity contribution is 7.89. The van der Waals surface area contributed by atoms with E-state index in [0.717, 1.165) is 13.0 Å². The second-order valence-electron chi connectivity index (χ2n) is 4.36. The van der Waals surface area contributed by atoms with Crippen molar-refractivity contribution in [1.29, 1.82) is 0 Å². The number of quaternary nitrogens is 1. The molecule has 0 atom stereocenters. The summed E-state index contributed by atoms with van der Waals surface area (Å²) in [5, 5.41) is 0. The van der Waals surface area contributed by atoms with Crippen LogP contribution in [0.25, 0.3) is 0 Å². The molecule has 0 heterocycles. The third-order valence-electron chi connectivity index (χ3n) is 2.50. The van der Waals surface area contributed by atoms with Crippen molar-refractivity contribution in [1.82, 2.24) is 4.72 Å². The molecule has 0 amide bonds. The van der Waals surface area contributed by atoms with Gasteiger partial charge in [-0.25, -0.2) is 13.1 Å². The van der Waals surface area contributed by atoms with Crippen LogP contribution in [0.2, 0.25) is 0 Å². The van der Waals surface area contributed by atoms with E-state index in [-0.39, 0.29) is 4.90 Å². The Balaban J connectivity index is 2.68. The lowest BCUT2D eigenvalue weighted by Crippen LogP contribution is -3.05. The predicted molar refractivity (Wildman–Crippen MR) is 70.5 cm³/mol. The van der Waals surface area contributed by atoms with Crippen LogP contribution in [0, 0.1) is 0 Å². The lowest BCUT2D eigenvalue weighted by molar-refractivity contribution is -0.858. The van der Waals surface area contributed by atoms with E-state index in [9.17, 15) is 8.42 Å². The van der Waals surface area contributed by atoms with E-state index in [1.807, 2.05) is 14.1 Å². The van der Waals surface area contributed by atoms with E-state index in [1.165, 1.54) is 12.0 Å². The summed E-state index contributed by atoms with van der Waals surface area (Å²) in [6.45, 7) is 1.36. The molecule has 2 N–H and O–H groups in total. The van der Waals surface area contributed by atoms with Crippen molar-refractivity contribution in [3.8, 4) is 5.75 Å². The fraction of sp³-hybridized carbons (Fsp3) is 0.500. The van der Waals surface area contributed by atoms with Gasteiger partial charge in [-0.3, -0.25) is 0 Å². The Morgan fingerprint density at radius 2 is 1.94 bits per heavy atom. The molecule has 18 heavy (non-hydrogen) atoms. The van der Waals surface area contributed by atoms with Gasteiger partial charge in [0.15, 0.2) is 0 Å². The van der Waals surface area contributed by atoms with Gasteiger partial charge in [0.25, 0.3) is 0 Å². The largest absolute Gasteiger partial charge is 0.495 e. The lowest BCUT2D eigenvalue weighted by atomic mass is 10.3. The van der Waals surface area contributed by atoms with Gasteiger partial charge in [0.05, 0.1) is 27.7 Å². The first-order chi connectivity index (χ1) is 8.47. The van der Waals surface area contributed by atoms with Crippen molar-refractivity contribution in [2.75, 3.05) is 34.3 Å². The molecule has 1 aromatic rings. The SMILES string of the molecule is COc1ccccc1S(=O)(=O)NCCC[NH+](C)C. The van der Waals surface area contributed by atoms with Crippen LogP contribution in [0.5, 0.6) is 5.75 Å². The molecule has 1 aromatic carbocycles. The van der Waals surface area contributed by atoms with Gasteiger partial charge in [0.2, 0.25) is 10.0 Å². The third kappa shape index (κ3) is 4.29. The molecule has 0 aliphatic rings. The zero-order valence-corrected chi connectivity index (χ0v) is 11.9. The van der Waals surface area contributed by atoms with Gasteiger partial charge in [-0.15, -0.1) is 0 Å². The summed E-state index contributed by atoms with van der Waals surface area (Å²) in [4.78, 5) is 1.48. The number of methoxy groups -OCH3 is 1. The number of ether oxygens (including phenoxy) is 1. The molecule has 0 aromatic heterocycles. The number of hydrogen-bond donors (Lipinski definition) is 2. The van der Waals surface area contributed by atoms with E-state index in [4.69, 9.17) is 4.74 Å². The first kappa shape index (κ1) is 14.9. The highest BCUT2D eigenvalue weighted by atomic mass is 32.2. The van der Waals surface area contributed by atoms with Crippen molar-refractivity contribution in [2.45, 2.75) is 11.3 Å². The highest BCUT2D eigenvalue weighted by Crippen LogP contribution is 2.22. The lowest BCUT2D eigenvalue weighted by Gasteiger charge is -2.11. The first-order valence-corrected chi connectivity index (χ1v) is 7.37. The van der Waals surface area contributed by atoms with E-state index >= 15 is 0 Å². The summed E-state index contributed by atoms with van der Waals surface area (Å²) < 4.78 is 31.8. The minimum absolute atomic E-state index is 0.185. The molecular weight excluding hydrogens is 252 g/mol. The summed E-state index contributed by atoms with van der Waals surface area (Å²) in [5.74, 6) is 0.364. The summed E-state index contributed by atoms with van der Waals surface area (Å²) in [6.07, 6.45) is 0.802. The maximum Gasteiger partial charge on any atom is 0.244 e. The molecule has 0 aliphatic carbocycles. The summed E-state index contributed by atoms with van der Waals surface area (Å²) >= 11 is 0. The van der Waals surface area contributed by atoms with Crippen LogP contribution in [-0.4, -0.2) is 42.7 Å². The Morgan fingerprint density at radius 1 is 1.28 bits per heavy atom. The minimum Gasteiger partial charge on any atom is -0.495 e. The van der Waals surface area contributed by atoms with E-state index in [1.54, 1.807) is 24.3 Å². The topological polar surface area (TPSA) is 59.8 Å². The fourth-order valence-corrected chi connectivity index (χ4v) is 2.81. The monoisotopic (exact) mass is 273 g/mol. The predicted octanol–water partition coefficient (Wildman–Crippen LogP) is -0.492. The van der Waals surface area contributed by atoms with Gasteiger partial charge in [0.1, 0.15) is 10.6 Å². The second-order valence-corrected chi connectivity index (χ2v) is 6.09. The zero-order chi connectivity index (χ0) is 13.6. The fourth-order valence-electron chi connectivity index (χ4n) is 1.57. The molecule has 5 nitrogen and oxygen atoms in total. The average Bonchev–Trinajstić information content (AvgIpc) is 2.34. The van der Waals surface area contributed by atoms with E-state index < -0.39 is 10.0 Å². The van der Waals surface area contributed by atoms with Crippen LogP contribution in [0.3, 0.4) is 0 Å². The normalized spacial score (nSPS) is 11.8. The van der Waals surface area contributed by atoms with Crippen molar-refractivity contribution < 1.29 is 18.1 Å². The number of rotatable bonds is 7. The van der Waals surface area contributed by atoms with E-state index in [0.29, 0.717) is 12.3 Å². The van der Waals surface area contributed by atoms with Crippen LogP contribution >= 0.6 is 0 Å². The molecule has 0 radical (unpaired) electrons. The summed E-state index contributed by atoms with van der Waals surface area (Å²) in [6, 6.07) is 6.60. The van der Waals surface area contributed by atoms with Crippen molar-refractivity contribution in [3.05, 3.63) is 24.3 Å². The average molecular weight is 273 g/mol. The number of sulfonamides is 1. The smallest absolute Gasteiger partial charge is 0.244 e. The van der Waals surface area contributed by atoms with Gasteiger partial charge in [0, 0.05) is 13.0 Å². The molecule has 0 bridgehead atoms. The third-order valence-corrected chi connectivity index (χ3v) is 4.00. The molecule has 0 spiro atoms. The number of nitrogens with one attached hydrogen (secondary N) is 2. The van der Waals surface area contributed by atoms with Gasteiger partial charge >= 0.3 is 0 Å². The maximum atomic E-state index is 12.1. The first-order valence-electron chi connectivity index (χ1n) is 5.89. The van der Waals surface area contributed by atoms with Crippen LogP contribution in [0.15, 0.2) is 29.2 Å². The minimum atomic E-state index is -3.49. The molecule has 0 saturated heterocycles. The van der Waals surface area contributed by atoms with Crippen LogP contribution in [-0.2, 0) is 10.0 Å². The number of para-hydroxylation sites is 1. The Bertz CT molecular complexity index is 472. The van der Waals surface area contributed by atoms with Crippen LogP contribution < -0.4 is 14.4 Å². The Labute approximate surface area is 109 Å². The maximum absolute atomic E-state index is 12.1. The van der Waals surface area contributed by atoms with Gasteiger partial charge in [-0.05, 0) is 12.1 Å². The molecule has 0 fully saturated rings. The zero-order valence-electron chi connectivity index (χ0n) is 11.1. The molecule has 6 heteroatoms. The molecule has 0 unspecified atom stereocenters. The van der Waals surface area contributed by atoms with Gasteiger partial charge < -0.3 is 9.64 Å². The Hall–Kier alpha value is -1.11. The Kier molecular flexibility index (Phi) is 5.58. The summed E-state index contributed by atoms with van der Waals surface area (Å²) in [5.41, 5.74) is 0. The molecule has 0 aliphatic heterocycles. The molecule has 0 saturated carbocycles. The van der Waals surface area contributed by atoms with Gasteiger partial charge in [-0.2, -0.15) is 0 Å². The highest BCUT2D eigenvalue weighted by Gasteiger charge is 2.18. The van der Waals surface area contributed by atoms with Gasteiger partial charge in [-0.1, -0.05) is 12.1 Å². The number of hydrogen-bond acceptors (Lipinski definition) is 3.